The lowest BCUT2D eigenvalue weighted by molar-refractivity contribution is -0.151. The van der Waals surface area contributed by atoms with Crippen LogP contribution in [0.4, 0.5) is 0 Å². The first kappa shape index (κ1) is 111. The Hall–Kier alpha value is -3.26. The zero-order valence-electron chi connectivity index (χ0n) is 77.4. The van der Waals surface area contributed by atoms with Crippen molar-refractivity contribution in [2.24, 2.45) is 0 Å². The Morgan fingerprint density at radius 3 is 0.640 bits per heavy atom. The highest BCUT2D eigenvalue weighted by atomic mass is 16.6. The van der Waals surface area contributed by atoms with Gasteiger partial charge >= 0.3 is 23.9 Å². The SMILES string of the molecule is CCCCCCCCCOC(=O)CCCCCCCN(CCCCCCCC(=O)OC(CCCCCCCC)CCCCCCCC)CCCCC(=O)N(CC)CCN(CC)C(=O)CCCCN(CCCCCCCC(=O)OCCCCCCCCC)CCCCCCCC(=O)OC(CCCCCCCC)CCCCCCCC. The van der Waals surface area contributed by atoms with E-state index in [1.807, 2.05) is 9.80 Å². The molecule has 14 heteroatoms. The lowest BCUT2D eigenvalue weighted by Gasteiger charge is -2.27. The number of ether oxygens (including phenoxy) is 4. The molecular weight excluding hydrogens is 1420 g/mol. The predicted octanol–water partition coefficient (Wildman–Crippen LogP) is 28.4. The Bertz CT molecular complexity index is 1910. The van der Waals surface area contributed by atoms with Gasteiger partial charge in [-0.2, -0.15) is 0 Å². The molecule has 0 saturated heterocycles. The van der Waals surface area contributed by atoms with E-state index in [0.29, 0.717) is 77.9 Å². The first-order chi connectivity index (χ1) is 55.9. The van der Waals surface area contributed by atoms with Crippen molar-refractivity contribution < 1.29 is 47.7 Å². The molecule has 0 fully saturated rings. The van der Waals surface area contributed by atoms with Gasteiger partial charge in [0.2, 0.25) is 11.8 Å². The van der Waals surface area contributed by atoms with Crippen molar-refractivity contribution in [1.29, 1.82) is 0 Å². The van der Waals surface area contributed by atoms with Crippen LogP contribution in [-0.4, -0.2) is 146 Å². The first-order valence-corrected chi connectivity index (χ1v) is 50.6. The summed E-state index contributed by atoms with van der Waals surface area (Å²) in [5, 5.41) is 0. The highest BCUT2D eigenvalue weighted by Crippen LogP contribution is 2.23. The van der Waals surface area contributed by atoms with Gasteiger partial charge in [0, 0.05) is 64.7 Å². The molecule has 0 spiro atoms. The molecule has 0 radical (unpaired) electrons. The zero-order chi connectivity index (χ0) is 83.2. The average Bonchev–Trinajstić information content (AvgIpc) is 0.912. The number of amides is 2. The van der Waals surface area contributed by atoms with Crippen molar-refractivity contribution in [2.75, 3.05) is 78.7 Å². The Balaban J connectivity index is 5.46. The molecule has 14 nitrogen and oxygen atoms in total. The van der Waals surface area contributed by atoms with Crippen molar-refractivity contribution >= 4 is 35.7 Å². The van der Waals surface area contributed by atoms with Gasteiger partial charge in [0.25, 0.3) is 0 Å². The molecule has 0 aromatic carbocycles. The lowest BCUT2D eigenvalue weighted by atomic mass is 10.0. The van der Waals surface area contributed by atoms with Crippen LogP contribution in [-0.2, 0) is 47.7 Å². The number of esters is 4. The molecule has 0 bridgehead atoms. The second-order valence-corrected chi connectivity index (χ2v) is 34.7. The molecule has 0 saturated carbocycles. The van der Waals surface area contributed by atoms with Crippen LogP contribution >= 0.6 is 0 Å². The number of hydrogen-bond donors (Lipinski definition) is 0. The monoisotopic (exact) mass is 1610 g/mol. The number of carbonyl (C=O) groups excluding carboxylic acids is 6. The van der Waals surface area contributed by atoms with Gasteiger partial charge in [-0.1, -0.05) is 324 Å². The fourth-order valence-electron chi connectivity index (χ4n) is 16.2. The van der Waals surface area contributed by atoms with Gasteiger partial charge in [-0.15, -0.1) is 0 Å². The third-order valence-corrected chi connectivity index (χ3v) is 23.9. The summed E-state index contributed by atoms with van der Waals surface area (Å²) in [5.74, 6) is 0.269. The average molecular weight is 1610 g/mol. The third-order valence-electron chi connectivity index (χ3n) is 23.9. The molecule has 0 aromatic heterocycles. The lowest BCUT2D eigenvalue weighted by Crippen LogP contribution is -2.41. The van der Waals surface area contributed by atoms with Crippen LogP contribution in [0.2, 0.25) is 0 Å². The van der Waals surface area contributed by atoms with Gasteiger partial charge < -0.3 is 38.5 Å². The molecular formula is C100H194N4O10. The number of rotatable bonds is 93. The number of carbonyl (C=O) groups is 6. The van der Waals surface area contributed by atoms with Crippen molar-refractivity contribution in [1.82, 2.24) is 19.6 Å². The van der Waals surface area contributed by atoms with Crippen LogP contribution in [0.15, 0.2) is 0 Å². The Kier molecular flexibility index (Phi) is 86.5. The molecule has 0 aliphatic rings. The van der Waals surface area contributed by atoms with Gasteiger partial charge in [0.1, 0.15) is 12.2 Å². The summed E-state index contributed by atoms with van der Waals surface area (Å²) in [4.78, 5) is 88.0. The van der Waals surface area contributed by atoms with E-state index in [-0.39, 0.29) is 47.9 Å². The zero-order valence-corrected chi connectivity index (χ0v) is 77.4. The normalized spacial score (nSPS) is 11.6. The van der Waals surface area contributed by atoms with E-state index in [0.717, 1.165) is 270 Å². The molecule has 0 aliphatic heterocycles. The van der Waals surface area contributed by atoms with E-state index < -0.39 is 0 Å². The van der Waals surface area contributed by atoms with Crippen molar-refractivity contribution in [3.05, 3.63) is 0 Å². The van der Waals surface area contributed by atoms with Crippen LogP contribution < -0.4 is 0 Å². The fraction of sp³-hybridized carbons (Fsp3) is 0.940. The standard InChI is InChI=1S/C100H194N4O10/c1-9-17-23-29-35-53-71-91-111-97(107)79-59-45-37-49-65-83-101(85-67-51-39-47-61-81-99(109)113-93(73-55-41-31-25-19-11-3)74-56-42-32-26-20-12-4)87-69-63-77-95(105)103(15-7)89-90-104(16-8)96(106)78-64-70-88-102(84-66-50-38-46-60-80-98(108)112-92-72-54-36-30-24-18-10-2)86-68-52-40-48-62-82-100(110)114-94(75-57-43-33-27-21-13-5)76-58-44-34-28-22-14-6/h93-94H,9-92H2,1-8H3. The predicted molar refractivity (Wildman–Crippen MR) is 486 cm³/mol. The molecule has 0 unspecified atom stereocenters. The van der Waals surface area contributed by atoms with Gasteiger partial charge in [-0.3, -0.25) is 28.8 Å². The van der Waals surface area contributed by atoms with Gasteiger partial charge in [-0.05, 0) is 194 Å². The molecule has 674 valence electrons. The van der Waals surface area contributed by atoms with Gasteiger partial charge in [-0.25, -0.2) is 0 Å². The molecule has 114 heavy (non-hydrogen) atoms. The molecule has 0 N–H and O–H groups in total. The largest absolute Gasteiger partial charge is 0.466 e. The molecule has 0 aliphatic carbocycles. The van der Waals surface area contributed by atoms with Gasteiger partial charge in [0.15, 0.2) is 0 Å². The Morgan fingerprint density at radius 1 is 0.202 bits per heavy atom. The van der Waals surface area contributed by atoms with Crippen LogP contribution in [0.3, 0.4) is 0 Å². The van der Waals surface area contributed by atoms with Crippen molar-refractivity contribution in [3.8, 4) is 0 Å². The van der Waals surface area contributed by atoms with E-state index >= 15 is 0 Å². The van der Waals surface area contributed by atoms with E-state index in [1.54, 1.807) is 0 Å². The summed E-state index contributed by atoms with van der Waals surface area (Å²) in [6.07, 6.45) is 79.6. The minimum Gasteiger partial charge on any atom is -0.466 e. The molecule has 0 rings (SSSR count). The summed E-state index contributed by atoms with van der Waals surface area (Å²) >= 11 is 0. The maximum absolute atomic E-state index is 13.8. The van der Waals surface area contributed by atoms with Gasteiger partial charge in [0.05, 0.1) is 13.2 Å². The number of likely N-dealkylation sites (N-methyl/N-ethyl adjacent to an activating group) is 2. The third kappa shape index (κ3) is 77.4. The van der Waals surface area contributed by atoms with Crippen LogP contribution in [0, 0.1) is 0 Å². The maximum Gasteiger partial charge on any atom is 0.306 e. The first-order valence-electron chi connectivity index (χ1n) is 50.6. The summed E-state index contributed by atoms with van der Waals surface area (Å²) in [6.45, 7) is 27.3. The summed E-state index contributed by atoms with van der Waals surface area (Å²) < 4.78 is 23.5. The number of hydrogen-bond acceptors (Lipinski definition) is 12. The summed E-state index contributed by atoms with van der Waals surface area (Å²) in [6, 6.07) is 0. The highest BCUT2D eigenvalue weighted by molar-refractivity contribution is 5.77. The minimum atomic E-state index is -0.0451. The quantitative estimate of drug-likeness (QED) is 0.0324. The highest BCUT2D eigenvalue weighted by Gasteiger charge is 2.20. The van der Waals surface area contributed by atoms with Crippen molar-refractivity contribution in [3.63, 3.8) is 0 Å². The second kappa shape index (κ2) is 89.0. The Labute approximate surface area is 707 Å². The number of nitrogens with zero attached hydrogens (tertiary/aromatic N) is 4. The fourth-order valence-corrected chi connectivity index (χ4v) is 16.2. The van der Waals surface area contributed by atoms with E-state index in [2.05, 4.69) is 65.2 Å². The number of unbranched alkanes of at least 4 members (excludes halogenated alkanes) is 50. The topological polar surface area (TPSA) is 152 Å². The summed E-state index contributed by atoms with van der Waals surface area (Å²) in [5.41, 5.74) is 0. The molecule has 2 amide bonds. The van der Waals surface area contributed by atoms with Crippen LogP contribution in [0.25, 0.3) is 0 Å². The second-order valence-electron chi connectivity index (χ2n) is 34.7. The van der Waals surface area contributed by atoms with Crippen LogP contribution in [0.1, 0.15) is 518 Å². The van der Waals surface area contributed by atoms with E-state index in [9.17, 15) is 28.8 Å². The maximum atomic E-state index is 13.8. The molecule has 0 aromatic rings. The minimum absolute atomic E-state index is 0.000187. The van der Waals surface area contributed by atoms with Crippen LogP contribution in [0.5, 0.6) is 0 Å². The Morgan fingerprint density at radius 2 is 0.395 bits per heavy atom. The van der Waals surface area contributed by atoms with E-state index in [1.165, 1.54) is 193 Å². The molecule has 0 heterocycles. The van der Waals surface area contributed by atoms with E-state index in [4.69, 9.17) is 18.9 Å². The van der Waals surface area contributed by atoms with Crippen molar-refractivity contribution in [2.45, 2.75) is 530 Å². The summed E-state index contributed by atoms with van der Waals surface area (Å²) in [7, 11) is 0. The smallest absolute Gasteiger partial charge is 0.306 e. The molecule has 0 atom stereocenters.